The summed E-state index contributed by atoms with van der Waals surface area (Å²) >= 11 is 0. The number of halogens is 1. The minimum Gasteiger partial charge on any atom is -0.449 e. The van der Waals surface area contributed by atoms with Gasteiger partial charge in [0.25, 0.3) is 15.9 Å². The highest BCUT2D eigenvalue weighted by atomic mass is 32.2. The Kier molecular flexibility index (Phi) is 7.13. The topological polar surface area (TPSA) is 102 Å². The summed E-state index contributed by atoms with van der Waals surface area (Å²) in [6.07, 6.45) is -1.09. The molecule has 2 N–H and O–H groups in total. The molecule has 0 heterocycles. The molecule has 0 radical (unpaired) electrons. The Morgan fingerprint density at radius 3 is 2.36 bits per heavy atom. The van der Waals surface area contributed by atoms with Gasteiger partial charge in [-0.2, -0.15) is 0 Å². The lowest BCUT2D eigenvalue weighted by Crippen LogP contribution is -2.30. The predicted octanol–water partition coefficient (Wildman–Crippen LogP) is 4.43. The molecule has 0 bridgehead atoms. The van der Waals surface area contributed by atoms with Crippen LogP contribution >= 0.6 is 0 Å². The molecule has 3 rings (SSSR count). The molecule has 0 aliphatic rings. The van der Waals surface area contributed by atoms with Gasteiger partial charge in [-0.3, -0.25) is 9.52 Å². The summed E-state index contributed by atoms with van der Waals surface area (Å²) in [5, 5.41) is 2.67. The first-order chi connectivity index (χ1) is 15.5. The van der Waals surface area contributed by atoms with Gasteiger partial charge in [0.2, 0.25) is 0 Å². The van der Waals surface area contributed by atoms with Gasteiger partial charge in [-0.05, 0) is 74.4 Å². The molecule has 0 saturated heterocycles. The molecule has 33 heavy (non-hydrogen) atoms. The Hall–Kier alpha value is -3.72. The molecule has 1 amide bonds. The van der Waals surface area contributed by atoms with Gasteiger partial charge in [0.15, 0.2) is 6.10 Å². The minimum absolute atomic E-state index is 0.0429. The molecule has 172 valence electrons. The van der Waals surface area contributed by atoms with Crippen LogP contribution in [0.4, 0.5) is 15.8 Å². The van der Waals surface area contributed by atoms with Crippen LogP contribution in [0.2, 0.25) is 0 Å². The number of ether oxygens (including phenoxy) is 1. The van der Waals surface area contributed by atoms with Gasteiger partial charge < -0.3 is 10.1 Å². The highest BCUT2D eigenvalue weighted by Crippen LogP contribution is 2.21. The van der Waals surface area contributed by atoms with Crippen LogP contribution in [0, 0.1) is 19.7 Å². The van der Waals surface area contributed by atoms with Crippen molar-refractivity contribution < 1.29 is 27.1 Å². The molecule has 0 aromatic heterocycles. The average molecular weight is 471 g/mol. The Morgan fingerprint density at radius 2 is 1.64 bits per heavy atom. The van der Waals surface area contributed by atoms with Crippen molar-refractivity contribution in [2.45, 2.75) is 31.8 Å². The maximum Gasteiger partial charge on any atom is 0.338 e. The average Bonchev–Trinajstić information content (AvgIpc) is 2.75. The Morgan fingerprint density at radius 1 is 0.939 bits per heavy atom. The van der Waals surface area contributed by atoms with Gasteiger partial charge in [-0.25, -0.2) is 17.6 Å². The van der Waals surface area contributed by atoms with E-state index in [9.17, 15) is 22.4 Å². The summed E-state index contributed by atoms with van der Waals surface area (Å²) in [6, 6.07) is 16.2. The van der Waals surface area contributed by atoms with Gasteiger partial charge in [0, 0.05) is 11.4 Å². The van der Waals surface area contributed by atoms with Crippen LogP contribution < -0.4 is 10.0 Å². The third-order valence-electron chi connectivity index (χ3n) is 4.73. The first-order valence-electron chi connectivity index (χ1n) is 10.0. The molecule has 0 aliphatic heterocycles. The Bertz CT molecular complexity index is 1310. The maximum absolute atomic E-state index is 13.5. The second-order valence-corrected chi connectivity index (χ2v) is 9.15. The van der Waals surface area contributed by atoms with Crippen LogP contribution in [0.25, 0.3) is 0 Å². The molecule has 3 aromatic carbocycles. The lowest BCUT2D eigenvalue weighted by molar-refractivity contribution is -0.123. The van der Waals surface area contributed by atoms with Gasteiger partial charge in [0.05, 0.1) is 10.5 Å². The first kappa shape index (κ1) is 23.9. The van der Waals surface area contributed by atoms with Gasteiger partial charge in [-0.15, -0.1) is 0 Å². The van der Waals surface area contributed by atoms with Crippen molar-refractivity contribution in [3.05, 3.63) is 89.2 Å². The second-order valence-electron chi connectivity index (χ2n) is 7.50. The van der Waals surface area contributed by atoms with E-state index in [1.165, 1.54) is 43.3 Å². The number of hydrogen-bond donors (Lipinski definition) is 2. The molecule has 1 unspecified atom stereocenters. The molecule has 7 nitrogen and oxygen atoms in total. The number of hydrogen-bond acceptors (Lipinski definition) is 5. The first-order valence-corrected chi connectivity index (χ1v) is 11.5. The van der Waals surface area contributed by atoms with E-state index in [4.69, 9.17) is 4.74 Å². The van der Waals surface area contributed by atoms with E-state index in [2.05, 4.69) is 10.0 Å². The Labute approximate surface area is 191 Å². The third kappa shape index (κ3) is 6.17. The number of carbonyl (C=O) groups is 2. The smallest absolute Gasteiger partial charge is 0.338 e. The number of benzene rings is 3. The van der Waals surface area contributed by atoms with Crippen molar-refractivity contribution in [3.8, 4) is 0 Å². The number of carbonyl (C=O) groups excluding carboxylic acids is 2. The lowest BCUT2D eigenvalue weighted by atomic mass is 10.2. The summed E-state index contributed by atoms with van der Waals surface area (Å²) in [5.41, 5.74) is 2.04. The fourth-order valence-corrected chi connectivity index (χ4v) is 4.34. The van der Waals surface area contributed by atoms with Crippen LogP contribution in [0.15, 0.2) is 71.6 Å². The molecule has 1 atom stereocenters. The molecular formula is C24H23FN2O5S. The molecule has 0 fully saturated rings. The van der Waals surface area contributed by atoms with Crippen molar-refractivity contribution in [1.82, 2.24) is 0 Å². The van der Waals surface area contributed by atoms with Gasteiger partial charge >= 0.3 is 5.97 Å². The number of esters is 1. The van der Waals surface area contributed by atoms with Crippen LogP contribution in [0.5, 0.6) is 0 Å². The van der Waals surface area contributed by atoms with Crippen molar-refractivity contribution in [2.24, 2.45) is 0 Å². The van der Waals surface area contributed by atoms with E-state index in [1.54, 1.807) is 25.1 Å². The number of aryl methyl sites for hydroxylation is 2. The highest BCUT2D eigenvalue weighted by molar-refractivity contribution is 7.92. The fraction of sp³-hybridized carbons (Fsp3) is 0.167. The zero-order valence-electron chi connectivity index (χ0n) is 18.3. The van der Waals surface area contributed by atoms with E-state index in [0.29, 0.717) is 11.3 Å². The highest BCUT2D eigenvalue weighted by Gasteiger charge is 2.21. The van der Waals surface area contributed by atoms with Crippen LogP contribution in [-0.4, -0.2) is 26.4 Å². The summed E-state index contributed by atoms with van der Waals surface area (Å²) in [7, 11) is -4.09. The summed E-state index contributed by atoms with van der Waals surface area (Å²) in [4.78, 5) is 24.7. The molecule has 3 aromatic rings. The monoisotopic (exact) mass is 470 g/mol. The zero-order chi connectivity index (χ0) is 24.2. The number of sulfonamides is 1. The zero-order valence-corrected chi connectivity index (χ0v) is 19.1. The quantitative estimate of drug-likeness (QED) is 0.498. The normalized spacial score (nSPS) is 12.0. The third-order valence-corrected chi connectivity index (χ3v) is 6.25. The standard InChI is InChI=1S/C24H23FN2O5S/c1-15-6-4-8-20(12-15)26-23(28)17(3)32-24(29)18-7-5-9-21(13-18)27-33(30,31)22-14-19(25)11-10-16(22)2/h4-14,17,27H,1-3H3,(H,26,28). The maximum atomic E-state index is 13.5. The van der Waals surface area contributed by atoms with Crippen molar-refractivity contribution in [1.29, 1.82) is 0 Å². The lowest BCUT2D eigenvalue weighted by Gasteiger charge is -2.15. The fourth-order valence-electron chi connectivity index (χ4n) is 3.03. The number of nitrogens with one attached hydrogen (secondary N) is 2. The van der Waals surface area contributed by atoms with Crippen molar-refractivity contribution >= 4 is 33.3 Å². The number of amides is 1. The SMILES string of the molecule is Cc1cccc(NC(=O)C(C)OC(=O)c2cccc(NS(=O)(=O)c3cc(F)ccc3C)c2)c1. The van der Waals surface area contributed by atoms with Crippen LogP contribution in [0.3, 0.4) is 0 Å². The van der Waals surface area contributed by atoms with E-state index in [-0.39, 0.29) is 16.1 Å². The van der Waals surface area contributed by atoms with E-state index < -0.39 is 33.8 Å². The largest absolute Gasteiger partial charge is 0.449 e. The number of rotatable bonds is 7. The van der Waals surface area contributed by atoms with Crippen molar-refractivity contribution in [2.75, 3.05) is 10.0 Å². The second kappa shape index (κ2) is 9.83. The molecule has 0 aliphatic carbocycles. The summed E-state index contributed by atoms with van der Waals surface area (Å²) in [5.74, 6) is -1.99. The van der Waals surface area contributed by atoms with Gasteiger partial charge in [0.1, 0.15) is 5.82 Å². The van der Waals surface area contributed by atoms with Crippen LogP contribution in [-0.2, 0) is 19.6 Å². The Balaban J connectivity index is 1.70. The van der Waals surface area contributed by atoms with Crippen LogP contribution in [0.1, 0.15) is 28.4 Å². The predicted molar refractivity (Wildman–Crippen MR) is 123 cm³/mol. The van der Waals surface area contributed by atoms with E-state index in [1.807, 2.05) is 13.0 Å². The van der Waals surface area contributed by atoms with Crippen molar-refractivity contribution in [3.63, 3.8) is 0 Å². The van der Waals surface area contributed by atoms with E-state index >= 15 is 0 Å². The number of anilines is 2. The summed E-state index contributed by atoms with van der Waals surface area (Å²) < 4.78 is 46.4. The molecule has 9 heteroatoms. The van der Waals surface area contributed by atoms with Gasteiger partial charge in [-0.1, -0.05) is 24.3 Å². The summed E-state index contributed by atoms with van der Waals surface area (Å²) in [6.45, 7) is 4.86. The van der Waals surface area contributed by atoms with E-state index in [0.717, 1.165) is 11.6 Å². The molecular weight excluding hydrogens is 447 g/mol. The molecule has 0 spiro atoms. The minimum atomic E-state index is -4.09. The molecule has 0 saturated carbocycles.